The van der Waals surface area contributed by atoms with Gasteiger partial charge in [-0.05, 0) is 55.2 Å². The molecule has 0 spiro atoms. The number of halogens is 1. The van der Waals surface area contributed by atoms with Crippen molar-refractivity contribution in [3.05, 3.63) is 65.1 Å². The number of rotatable bonds is 8. The summed E-state index contributed by atoms with van der Waals surface area (Å²) in [5, 5.41) is 12.5. The van der Waals surface area contributed by atoms with Crippen molar-refractivity contribution in [2.45, 2.75) is 37.9 Å². The zero-order valence-electron chi connectivity index (χ0n) is 17.6. The predicted molar refractivity (Wildman–Crippen MR) is 125 cm³/mol. The van der Waals surface area contributed by atoms with Crippen LogP contribution in [0.1, 0.15) is 43.2 Å². The molecule has 0 saturated carbocycles. The summed E-state index contributed by atoms with van der Waals surface area (Å²) in [6, 6.07) is 13.6. The molecule has 1 aliphatic heterocycles. The number of thioether (sulfide) groups is 1. The molecule has 0 radical (unpaired) electrons. The van der Waals surface area contributed by atoms with Crippen molar-refractivity contribution in [1.82, 2.24) is 30.8 Å². The number of hydrogen-bond acceptors (Lipinski definition) is 6. The van der Waals surface area contributed by atoms with E-state index < -0.39 is 0 Å². The lowest BCUT2D eigenvalue weighted by Crippen LogP contribution is -2.34. The SMILES string of the molecule is CSCC[C@H](NC(=O)CC1C(C)NNC1c1ccc(Cl)cc1)c1nnc2ccccn12. The zero-order chi connectivity index (χ0) is 21.8. The van der Waals surface area contributed by atoms with Crippen LogP contribution < -0.4 is 16.2 Å². The number of amides is 1. The first-order valence-corrected chi connectivity index (χ1v) is 12.2. The van der Waals surface area contributed by atoms with Gasteiger partial charge < -0.3 is 5.32 Å². The van der Waals surface area contributed by atoms with E-state index in [2.05, 4.69) is 39.5 Å². The maximum atomic E-state index is 13.1. The Balaban J connectivity index is 1.49. The Morgan fingerprint density at radius 3 is 2.81 bits per heavy atom. The summed E-state index contributed by atoms with van der Waals surface area (Å²) in [7, 11) is 0. The predicted octanol–water partition coefficient (Wildman–Crippen LogP) is 3.54. The van der Waals surface area contributed by atoms with E-state index in [1.165, 1.54) is 0 Å². The molecule has 1 fully saturated rings. The molecule has 7 nitrogen and oxygen atoms in total. The number of benzene rings is 1. The minimum Gasteiger partial charge on any atom is -0.346 e. The Hall–Kier alpha value is -2.13. The van der Waals surface area contributed by atoms with Crippen LogP contribution in [-0.2, 0) is 4.79 Å². The molecule has 31 heavy (non-hydrogen) atoms. The van der Waals surface area contributed by atoms with Crippen molar-refractivity contribution >= 4 is 34.9 Å². The Bertz CT molecular complexity index is 1030. The second-order valence-electron chi connectivity index (χ2n) is 7.86. The van der Waals surface area contributed by atoms with Crippen molar-refractivity contribution in [3.63, 3.8) is 0 Å². The Morgan fingerprint density at radius 1 is 1.23 bits per heavy atom. The van der Waals surface area contributed by atoms with Gasteiger partial charge in [0, 0.05) is 29.6 Å². The zero-order valence-corrected chi connectivity index (χ0v) is 19.2. The Labute approximate surface area is 191 Å². The molecule has 0 aliphatic carbocycles. The van der Waals surface area contributed by atoms with Gasteiger partial charge in [0.15, 0.2) is 11.5 Å². The molecule has 3 unspecified atom stereocenters. The van der Waals surface area contributed by atoms with Crippen LogP contribution in [0.4, 0.5) is 0 Å². The number of nitrogens with one attached hydrogen (secondary N) is 3. The fourth-order valence-electron chi connectivity index (χ4n) is 4.09. The minimum atomic E-state index is -0.191. The van der Waals surface area contributed by atoms with Gasteiger partial charge in [0.1, 0.15) is 0 Å². The molecule has 1 saturated heterocycles. The molecular formula is C22H27ClN6OS. The largest absolute Gasteiger partial charge is 0.346 e. The van der Waals surface area contributed by atoms with E-state index in [-0.39, 0.29) is 30.0 Å². The van der Waals surface area contributed by atoms with Gasteiger partial charge in [0.05, 0.1) is 12.1 Å². The van der Waals surface area contributed by atoms with Crippen LogP contribution >= 0.6 is 23.4 Å². The van der Waals surface area contributed by atoms with Gasteiger partial charge in [0.2, 0.25) is 5.91 Å². The van der Waals surface area contributed by atoms with E-state index in [9.17, 15) is 4.79 Å². The molecule has 4 atom stereocenters. The van der Waals surface area contributed by atoms with Crippen LogP contribution in [0.3, 0.4) is 0 Å². The third-order valence-electron chi connectivity index (χ3n) is 5.78. The maximum Gasteiger partial charge on any atom is 0.220 e. The Morgan fingerprint density at radius 2 is 2.03 bits per heavy atom. The minimum absolute atomic E-state index is 0.0140. The molecule has 1 aromatic carbocycles. The van der Waals surface area contributed by atoms with Gasteiger partial charge in [-0.3, -0.25) is 14.6 Å². The summed E-state index contributed by atoms with van der Waals surface area (Å²) in [6.45, 7) is 2.10. The molecule has 2 aromatic heterocycles. The highest BCUT2D eigenvalue weighted by molar-refractivity contribution is 7.98. The quantitative estimate of drug-likeness (QED) is 0.479. The van der Waals surface area contributed by atoms with E-state index in [0.717, 1.165) is 29.2 Å². The normalized spacial score (nSPS) is 22.0. The highest BCUT2D eigenvalue weighted by Crippen LogP contribution is 2.32. The number of carbonyl (C=O) groups is 1. The van der Waals surface area contributed by atoms with Gasteiger partial charge in [0.25, 0.3) is 0 Å². The lowest BCUT2D eigenvalue weighted by molar-refractivity contribution is -0.123. The summed E-state index contributed by atoms with van der Waals surface area (Å²) < 4.78 is 1.95. The summed E-state index contributed by atoms with van der Waals surface area (Å²) >= 11 is 7.79. The molecule has 1 aliphatic rings. The van der Waals surface area contributed by atoms with Crippen LogP contribution in [0.5, 0.6) is 0 Å². The van der Waals surface area contributed by atoms with E-state index in [1.807, 2.05) is 53.1 Å². The van der Waals surface area contributed by atoms with Gasteiger partial charge in [-0.1, -0.05) is 29.8 Å². The number of nitrogens with zero attached hydrogens (tertiary/aromatic N) is 3. The van der Waals surface area contributed by atoms with Crippen molar-refractivity contribution in [2.75, 3.05) is 12.0 Å². The molecule has 164 valence electrons. The van der Waals surface area contributed by atoms with Crippen LogP contribution in [0.15, 0.2) is 48.7 Å². The number of hydrogen-bond donors (Lipinski definition) is 3. The number of carbonyl (C=O) groups excluding carboxylic acids is 1. The van der Waals surface area contributed by atoms with Gasteiger partial charge in [-0.2, -0.15) is 11.8 Å². The lowest BCUT2D eigenvalue weighted by Gasteiger charge is -2.23. The van der Waals surface area contributed by atoms with Crippen molar-refractivity contribution in [2.24, 2.45) is 5.92 Å². The first-order chi connectivity index (χ1) is 15.1. The number of fused-ring (bicyclic) bond motifs is 1. The topological polar surface area (TPSA) is 83.4 Å². The van der Waals surface area contributed by atoms with Crippen molar-refractivity contribution in [3.8, 4) is 0 Å². The average Bonchev–Trinajstić information content (AvgIpc) is 3.36. The van der Waals surface area contributed by atoms with E-state index in [0.29, 0.717) is 11.4 Å². The second-order valence-corrected chi connectivity index (χ2v) is 9.29. The highest BCUT2D eigenvalue weighted by atomic mass is 35.5. The third-order valence-corrected chi connectivity index (χ3v) is 6.68. The van der Waals surface area contributed by atoms with Crippen LogP contribution in [0.2, 0.25) is 5.02 Å². The van der Waals surface area contributed by atoms with Gasteiger partial charge >= 0.3 is 0 Å². The fraction of sp³-hybridized carbons (Fsp3) is 0.409. The number of aromatic nitrogens is 3. The van der Waals surface area contributed by atoms with Crippen LogP contribution in [0, 0.1) is 5.92 Å². The first kappa shape index (κ1) is 22.1. The summed E-state index contributed by atoms with van der Waals surface area (Å²) in [6.07, 6.45) is 5.20. The molecule has 4 rings (SSSR count). The molecule has 3 N–H and O–H groups in total. The van der Waals surface area contributed by atoms with Gasteiger partial charge in [-0.25, -0.2) is 5.43 Å². The summed E-state index contributed by atoms with van der Waals surface area (Å²) in [5.74, 6) is 1.81. The lowest BCUT2D eigenvalue weighted by atomic mass is 9.87. The molecule has 0 bridgehead atoms. The Kier molecular flexibility index (Phi) is 7.12. The molecule has 1 amide bonds. The number of hydrazine groups is 1. The van der Waals surface area contributed by atoms with Crippen molar-refractivity contribution < 1.29 is 4.79 Å². The monoisotopic (exact) mass is 458 g/mol. The smallest absolute Gasteiger partial charge is 0.220 e. The number of pyridine rings is 1. The standard InChI is InChI=1S/C22H27ClN6OS/c1-14-17(21(27-25-14)15-6-8-16(23)9-7-15)13-20(30)24-18(10-12-31-2)22-28-26-19-5-3-4-11-29(19)22/h3-9,11,14,17-18,21,25,27H,10,12-13H2,1-2H3,(H,24,30)/t14?,17?,18-,21?/m0/s1. The molecule has 9 heteroatoms. The van der Waals surface area contributed by atoms with Crippen LogP contribution in [-0.4, -0.2) is 38.6 Å². The third kappa shape index (κ3) is 5.03. The first-order valence-electron chi connectivity index (χ1n) is 10.4. The molecule has 3 heterocycles. The average molecular weight is 459 g/mol. The summed E-state index contributed by atoms with van der Waals surface area (Å²) in [5.41, 5.74) is 8.51. The van der Waals surface area contributed by atoms with Crippen molar-refractivity contribution in [1.29, 1.82) is 0 Å². The molecular weight excluding hydrogens is 432 g/mol. The van der Waals surface area contributed by atoms with Crippen LogP contribution in [0.25, 0.3) is 5.65 Å². The van der Waals surface area contributed by atoms with Gasteiger partial charge in [-0.15, -0.1) is 10.2 Å². The van der Waals surface area contributed by atoms with E-state index >= 15 is 0 Å². The summed E-state index contributed by atoms with van der Waals surface area (Å²) in [4.78, 5) is 13.1. The van der Waals surface area contributed by atoms with E-state index in [4.69, 9.17) is 11.6 Å². The molecule has 3 aromatic rings. The van der Waals surface area contributed by atoms with E-state index in [1.54, 1.807) is 11.8 Å². The highest BCUT2D eigenvalue weighted by Gasteiger charge is 2.36. The fourth-order valence-corrected chi connectivity index (χ4v) is 4.68. The second kappa shape index (κ2) is 9.99. The maximum absolute atomic E-state index is 13.1.